The predicted octanol–water partition coefficient (Wildman–Crippen LogP) is 1.09. The number of aliphatic hydroxyl groups is 1. The van der Waals surface area contributed by atoms with E-state index in [2.05, 4.69) is 27.8 Å². The van der Waals surface area contributed by atoms with Gasteiger partial charge in [0.05, 0.1) is 0 Å². The molecule has 0 saturated heterocycles. The van der Waals surface area contributed by atoms with Crippen LogP contribution in [0, 0.1) is 0 Å². The molecule has 0 atom stereocenters. The van der Waals surface area contributed by atoms with Gasteiger partial charge in [-0.2, -0.15) is 0 Å². The lowest BCUT2D eigenvalue weighted by Crippen LogP contribution is -2.26. The summed E-state index contributed by atoms with van der Waals surface area (Å²) < 4.78 is 0. The molecule has 10 heavy (non-hydrogen) atoms. The molecule has 0 fully saturated rings. The number of nitrogens with zero attached hydrogens (tertiary/aromatic N) is 1. The number of hydrogen-bond donors (Lipinski definition) is 1. The fourth-order valence-electron chi connectivity index (χ4n) is 0.842. The molecule has 0 heterocycles. The van der Waals surface area contributed by atoms with Crippen LogP contribution in [0.2, 0.25) is 0 Å². The van der Waals surface area contributed by atoms with Crippen LogP contribution in [0.3, 0.4) is 0 Å². The minimum atomic E-state index is 0.304. The average molecular weight is 210 g/mol. The Kier molecular flexibility index (Phi) is 7.81. The van der Waals surface area contributed by atoms with Gasteiger partial charge in [-0.1, -0.05) is 22.9 Å². The zero-order chi connectivity index (χ0) is 7.82. The standard InChI is InChI=1S/C7H16BrNO/c1-2-9(6-4-8)5-3-7-10/h10H,2-7H2,1H3. The van der Waals surface area contributed by atoms with E-state index in [-0.39, 0.29) is 0 Å². The topological polar surface area (TPSA) is 23.5 Å². The van der Waals surface area contributed by atoms with Crippen molar-refractivity contribution in [2.75, 3.05) is 31.6 Å². The third-order valence-corrected chi connectivity index (χ3v) is 1.84. The molecular formula is C7H16BrNO. The van der Waals surface area contributed by atoms with E-state index in [1.54, 1.807) is 0 Å². The van der Waals surface area contributed by atoms with Gasteiger partial charge in [-0.15, -0.1) is 0 Å². The van der Waals surface area contributed by atoms with Crippen molar-refractivity contribution in [2.24, 2.45) is 0 Å². The lowest BCUT2D eigenvalue weighted by atomic mass is 10.4. The van der Waals surface area contributed by atoms with Crippen molar-refractivity contribution in [3.8, 4) is 0 Å². The first kappa shape index (κ1) is 10.4. The predicted molar refractivity (Wildman–Crippen MR) is 47.6 cm³/mol. The average Bonchev–Trinajstić information content (AvgIpc) is 1.98. The highest BCUT2D eigenvalue weighted by Crippen LogP contribution is 1.92. The largest absolute Gasteiger partial charge is 0.396 e. The van der Waals surface area contributed by atoms with E-state index in [0.717, 1.165) is 31.4 Å². The summed E-state index contributed by atoms with van der Waals surface area (Å²) in [6.45, 7) is 5.61. The summed E-state index contributed by atoms with van der Waals surface area (Å²) in [6, 6.07) is 0. The Balaban J connectivity index is 3.21. The molecule has 0 spiro atoms. The summed E-state index contributed by atoms with van der Waals surface area (Å²) in [7, 11) is 0. The van der Waals surface area contributed by atoms with Gasteiger partial charge in [0.2, 0.25) is 0 Å². The van der Waals surface area contributed by atoms with Gasteiger partial charge < -0.3 is 10.0 Å². The molecule has 0 aromatic heterocycles. The van der Waals surface area contributed by atoms with Crippen LogP contribution in [-0.4, -0.2) is 41.6 Å². The first-order valence-corrected chi connectivity index (χ1v) is 4.86. The minimum Gasteiger partial charge on any atom is -0.396 e. The number of aliphatic hydroxyl groups excluding tert-OH is 1. The molecule has 0 bridgehead atoms. The van der Waals surface area contributed by atoms with E-state index in [9.17, 15) is 0 Å². The minimum absolute atomic E-state index is 0.304. The Morgan fingerprint density at radius 1 is 1.40 bits per heavy atom. The molecule has 0 aliphatic heterocycles. The number of alkyl halides is 1. The van der Waals surface area contributed by atoms with Gasteiger partial charge in [0.25, 0.3) is 0 Å². The molecule has 0 saturated carbocycles. The lowest BCUT2D eigenvalue weighted by molar-refractivity contribution is 0.237. The molecule has 62 valence electrons. The van der Waals surface area contributed by atoms with Gasteiger partial charge in [-0.05, 0) is 13.0 Å². The third kappa shape index (κ3) is 5.21. The Morgan fingerprint density at radius 2 is 2.10 bits per heavy atom. The molecule has 0 aliphatic carbocycles. The molecule has 0 aromatic carbocycles. The maximum Gasteiger partial charge on any atom is 0.0443 e. The summed E-state index contributed by atoms with van der Waals surface area (Å²) in [5.41, 5.74) is 0. The molecule has 1 N–H and O–H groups in total. The van der Waals surface area contributed by atoms with Crippen molar-refractivity contribution < 1.29 is 5.11 Å². The summed E-state index contributed by atoms with van der Waals surface area (Å²) in [5, 5.41) is 9.56. The van der Waals surface area contributed by atoms with Crippen molar-refractivity contribution in [2.45, 2.75) is 13.3 Å². The highest BCUT2D eigenvalue weighted by Gasteiger charge is 1.98. The summed E-state index contributed by atoms with van der Waals surface area (Å²) in [5.74, 6) is 0. The Bertz CT molecular complexity index is 70.6. The number of halogens is 1. The van der Waals surface area contributed by atoms with Gasteiger partial charge in [0.1, 0.15) is 0 Å². The molecule has 0 amide bonds. The third-order valence-electron chi connectivity index (χ3n) is 1.48. The van der Waals surface area contributed by atoms with Crippen LogP contribution in [0.15, 0.2) is 0 Å². The lowest BCUT2D eigenvalue weighted by Gasteiger charge is -2.17. The van der Waals surface area contributed by atoms with Gasteiger partial charge >= 0.3 is 0 Å². The Hall–Kier alpha value is 0.400. The van der Waals surface area contributed by atoms with Crippen molar-refractivity contribution in [1.82, 2.24) is 4.90 Å². The zero-order valence-corrected chi connectivity index (χ0v) is 8.10. The maximum atomic E-state index is 8.54. The van der Waals surface area contributed by atoms with Crippen LogP contribution in [0.4, 0.5) is 0 Å². The van der Waals surface area contributed by atoms with Gasteiger partial charge in [-0.3, -0.25) is 0 Å². The summed E-state index contributed by atoms with van der Waals surface area (Å²) in [4.78, 5) is 2.31. The van der Waals surface area contributed by atoms with E-state index >= 15 is 0 Å². The van der Waals surface area contributed by atoms with Crippen molar-refractivity contribution >= 4 is 15.9 Å². The highest BCUT2D eigenvalue weighted by molar-refractivity contribution is 9.09. The Morgan fingerprint density at radius 3 is 2.50 bits per heavy atom. The first-order valence-electron chi connectivity index (χ1n) is 3.74. The van der Waals surface area contributed by atoms with Crippen LogP contribution in [0.1, 0.15) is 13.3 Å². The second kappa shape index (κ2) is 7.51. The molecule has 0 aromatic rings. The fraction of sp³-hybridized carbons (Fsp3) is 1.00. The Labute approximate surface area is 71.4 Å². The van der Waals surface area contributed by atoms with Crippen LogP contribution in [0.5, 0.6) is 0 Å². The molecule has 2 nitrogen and oxygen atoms in total. The molecule has 0 radical (unpaired) electrons. The highest BCUT2D eigenvalue weighted by atomic mass is 79.9. The fourth-order valence-corrected chi connectivity index (χ4v) is 1.34. The smallest absolute Gasteiger partial charge is 0.0443 e. The first-order chi connectivity index (χ1) is 4.85. The normalized spacial score (nSPS) is 10.8. The molecule has 0 rings (SSSR count). The summed E-state index contributed by atoms with van der Waals surface area (Å²) >= 11 is 3.38. The SMILES string of the molecule is CCN(CCBr)CCCO. The van der Waals surface area contributed by atoms with Crippen LogP contribution < -0.4 is 0 Å². The zero-order valence-electron chi connectivity index (χ0n) is 6.52. The van der Waals surface area contributed by atoms with Gasteiger partial charge in [0.15, 0.2) is 0 Å². The van der Waals surface area contributed by atoms with E-state index < -0.39 is 0 Å². The van der Waals surface area contributed by atoms with Crippen LogP contribution >= 0.6 is 15.9 Å². The van der Waals surface area contributed by atoms with Crippen molar-refractivity contribution in [1.29, 1.82) is 0 Å². The second-order valence-electron chi connectivity index (χ2n) is 2.20. The monoisotopic (exact) mass is 209 g/mol. The van der Waals surface area contributed by atoms with Crippen LogP contribution in [0.25, 0.3) is 0 Å². The van der Waals surface area contributed by atoms with Crippen molar-refractivity contribution in [3.05, 3.63) is 0 Å². The van der Waals surface area contributed by atoms with E-state index in [4.69, 9.17) is 5.11 Å². The van der Waals surface area contributed by atoms with Gasteiger partial charge in [-0.25, -0.2) is 0 Å². The molecule has 0 unspecified atom stereocenters. The number of hydrogen-bond acceptors (Lipinski definition) is 2. The quantitative estimate of drug-likeness (QED) is 0.663. The molecular weight excluding hydrogens is 194 g/mol. The van der Waals surface area contributed by atoms with E-state index in [1.165, 1.54) is 0 Å². The molecule has 0 aliphatic rings. The molecule has 3 heteroatoms. The van der Waals surface area contributed by atoms with Crippen LogP contribution in [-0.2, 0) is 0 Å². The second-order valence-corrected chi connectivity index (χ2v) is 2.99. The van der Waals surface area contributed by atoms with Crippen molar-refractivity contribution in [3.63, 3.8) is 0 Å². The van der Waals surface area contributed by atoms with E-state index in [0.29, 0.717) is 6.61 Å². The van der Waals surface area contributed by atoms with E-state index in [1.807, 2.05) is 0 Å². The maximum absolute atomic E-state index is 8.54. The van der Waals surface area contributed by atoms with Gasteiger partial charge in [0, 0.05) is 25.0 Å². The summed E-state index contributed by atoms with van der Waals surface area (Å²) in [6.07, 6.45) is 0.890. The number of rotatable bonds is 6.